The Balaban J connectivity index is 1.96. The lowest BCUT2D eigenvalue weighted by Crippen LogP contribution is -2.56. The molecule has 2 rings (SSSR count). The number of nitrogens with zero attached hydrogens (tertiary/aromatic N) is 2. The summed E-state index contributed by atoms with van der Waals surface area (Å²) in [6.45, 7) is 3.18. The zero-order valence-corrected chi connectivity index (χ0v) is 9.04. The molecule has 82 valence electrons. The average molecular weight is 219 g/mol. The molecular formula is C8H17N3O2S. The van der Waals surface area contributed by atoms with Crippen LogP contribution >= 0.6 is 0 Å². The highest BCUT2D eigenvalue weighted by Crippen LogP contribution is 2.23. The molecule has 14 heavy (non-hydrogen) atoms. The lowest BCUT2D eigenvalue weighted by Gasteiger charge is -2.39. The first kappa shape index (κ1) is 10.4. The molecule has 2 aliphatic heterocycles. The van der Waals surface area contributed by atoms with E-state index in [0.717, 1.165) is 12.8 Å². The van der Waals surface area contributed by atoms with Gasteiger partial charge in [0.25, 0.3) is 10.2 Å². The zero-order chi connectivity index (χ0) is 10.2. The molecule has 0 bridgehead atoms. The highest BCUT2D eigenvalue weighted by molar-refractivity contribution is 7.86. The molecule has 0 radical (unpaired) electrons. The third-order valence-corrected chi connectivity index (χ3v) is 4.94. The fourth-order valence-electron chi connectivity index (χ4n) is 1.94. The van der Waals surface area contributed by atoms with Crippen molar-refractivity contribution in [2.24, 2.45) is 11.7 Å². The summed E-state index contributed by atoms with van der Waals surface area (Å²) in [7, 11) is -3.13. The van der Waals surface area contributed by atoms with Crippen LogP contribution in [0.25, 0.3) is 0 Å². The minimum Gasteiger partial charge on any atom is -0.330 e. The number of rotatable bonds is 3. The fraction of sp³-hybridized carbons (Fsp3) is 1.00. The Morgan fingerprint density at radius 3 is 2.21 bits per heavy atom. The lowest BCUT2D eigenvalue weighted by molar-refractivity contribution is 0.194. The quantitative estimate of drug-likeness (QED) is 0.677. The van der Waals surface area contributed by atoms with Crippen molar-refractivity contribution in [3.05, 3.63) is 0 Å². The minimum atomic E-state index is -3.13. The molecule has 2 saturated heterocycles. The van der Waals surface area contributed by atoms with Gasteiger partial charge >= 0.3 is 0 Å². The van der Waals surface area contributed by atoms with Gasteiger partial charge in [0.05, 0.1) is 0 Å². The van der Waals surface area contributed by atoms with Crippen LogP contribution < -0.4 is 5.73 Å². The van der Waals surface area contributed by atoms with E-state index in [9.17, 15) is 8.42 Å². The smallest absolute Gasteiger partial charge is 0.281 e. The molecule has 2 N–H and O–H groups in total. The second kappa shape index (κ2) is 3.77. The average Bonchev–Trinajstić information content (AvgIpc) is 2.53. The zero-order valence-electron chi connectivity index (χ0n) is 8.22. The van der Waals surface area contributed by atoms with Crippen LogP contribution in [0.15, 0.2) is 0 Å². The van der Waals surface area contributed by atoms with Crippen LogP contribution in [-0.4, -0.2) is 49.8 Å². The van der Waals surface area contributed by atoms with E-state index in [1.165, 1.54) is 4.31 Å². The number of hydrogen-bond donors (Lipinski definition) is 1. The maximum atomic E-state index is 11.9. The van der Waals surface area contributed by atoms with Crippen molar-refractivity contribution in [1.29, 1.82) is 0 Å². The molecule has 0 saturated carbocycles. The molecule has 0 aromatic rings. The molecule has 0 aromatic carbocycles. The normalized spacial score (nSPS) is 26.6. The van der Waals surface area contributed by atoms with Gasteiger partial charge in [0.2, 0.25) is 0 Å². The first-order valence-electron chi connectivity index (χ1n) is 5.10. The molecule has 0 atom stereocenters. The molecule has 2 heterocycles. The largest absolute Gasteiger partial charge is 0.330 e. The Kier molecular flexibility index (Phi) is 2.79. The molecule has 0 amide bonds. The van der Waals surface area contributed by atoms with Gasteiger partial charge in [-0.15, -0.1) is 0 Å². The summed E-state index contributed by atoms with van der Waals surface area (Å²) >= 11 is 0. The van der Waals surface area contributed by atoms with Crippen molar-refractivity contribution < 1.29 is 8.42 Å². The van der Waals surface area contributed by atoms with E-state index in [1.54, 1.807) is 4.31 Å². The van der Waals surface area contributed by atoms with Gasteiger partial charge in [0.15, 0.2) is 0 Å². The second-order valence-corrected chi connectivity index (χ2v) is 5.96. The lowest BCUT2D eigenvalue weighted by atomic mass is 10.0. The van der Waals surface area contributed by atoms with E-state index < -0.39 is 10.2 Å². The van der Waals surface area contributed by atoms with Crippen molar-refractivity contribution >= 4 is 10.2 Å². The molecule has 6 heteroatoms. The van der Waals surface area contributed by atoms with Crippen LogP contribution in [0.5, 0.6) is 0 Å². The van der Waals surface area contributed by atoms with Crippen LogP contribution in [0.3, 0.4) is 0 Å². The topological polar surface area (TPSA) is 66.6 Å². The molecule has 2 aliphatic rings. The summed E-state index contributed by atoms with van der Waals surface area (Å²) in [6.07, 6.45) is 1.99. The van der Waals surface area contributed by atoms with Gasteiger partial charge in [0, 0.05) is 26.2 Å². The van der Waals surface area contributed by atoms with E-state index >= 15 is 0 Å². The summed E-state index contributed by atoms with van der Waals surface area (Å²) in [5.74, 6) is 0.368. The van der Waals surface area contributed by atoms with E-state index in [2.05, 4.69) is 0 Å². The number of nitrogens with two attached hydrogens (primary N) is 1. The van der Waals surface area contributed by atoms with Crippen LogP contribution in [0.4, 0.5) is 0 Å². The predicted molar refractivity (Wildman–Crippen MR) is 53.8 cm³/mol. The Labute approximate surface area is 85.0 Å². The Morgan fingerprint density at radius 1 is 1.14 bits per heavy atom. The Bertz CT molecular complexity index is 292. The molecule has 2 fully saturated rings. The highest BCUT2D eigenvalue weighted by Gasteiger charge is 2.39. The maximum Gasteiger partial charge on any atom is 0.281 e. The molecular weight excluding hydrogens is 202 g/mol. The van der Waals surface area contributed by atoms with E-state index in [4.69, 9.17) is 5.73 Å². The summed E-state index contributed by atoms with van der Waals surface area (Å²) in [5, 5.41) is 0. The third kappa shape index (κ3) is 1.67. The van der Waals surface area contributed by atoms with Crippen molar-refractivity contribution in [3.63, 3.8) is 0 Å². The maximum absolute atomic E-state index is 11.9. The van der Waals surface area contributed by atoms with Crippen LogP contribution in [-0.2, 0) is 10.2 Å². The minimum absolute atomic E-state index is 0.368. The van der Waals surface area contributed by atoms with E-state index in [1.807, 2.05) is 0 Å². The fourth-order valence-corrected chi connectivity index (χ4v) is 3.79. The van der Waals surface area contributed by atoms with Crippen molar-refractivity contribution in [2.75, 3.05) is 32.7 Å². The first-order valence-corrected chi connectivity index (χ1v) is 6.49. The Hall–Kier alpha value is -0.170. The second-order valence-electron chi connectivity index (χ2n) is 4.03. The Morgan fingerprint density at radius 2 is 1.71 bits per heavy atom. The molecule has 5 nitrogen and oxygen atoms in total. The van der Waals surface area contributed by atoms with Gasteiger partial charge < -0.3 is 5.73 Å². The van der Waals surface area contributed by atoms with Crippen LogP contribution in [0.2, 0.25) is 0 Å². The standard InChI is InChI=1S/C8H17N3O2S/c9-5-8-6-11(7-8)14(12,13)10-3-1-2-4-10/h8H,1-7,9H2. The molecule has 0 spiro atoms. The van der Waals surface area contributed by atoms with Crippen LogP contribution in [0.1, 0.15) is 12.8 Å². The molecule has 0 aromatic heterocycles. The SMILES string of the molecule is NCC1CN(S(=O)(=O)N2CCCC2)C1. The monoisotopic (exact) mass is 219 g/mol. The first-order chi connectivity index (χ1) is 6.64. The predicted octanol–water partition coefficient (Wildman–Crippen LogP) is -0.782. The van der Waals surface area contributed by atoms with Gasteiger partial charge in [-0.2, -0.15) is 17.0 Å². The van der Waals surface area contributed by atoms with Crippen molar-refractivity contribution in [2.45, 2.75) is 12.8 Å². The van der Waals surface area contributed by atoms with Crippen LogP contribution in [0, 0.1) is 5.92 Å². The van der Waals surface area contributed by atoms with Crippen molar-refractivity contribution in [3.8, 4) is 0 Å². The van der Waals surface area contributed by atoms with Gasteiger partial charge in [-0.25, -0.2) is 0 Å². The summed E-state index contributed by atoms with van der Waals surface area (Å²) in [5.41, 5.74) is 5.46. The summed E-state index contributed by atoms with van der Waals surface area (Å²) < 4.78 is 26.9. The van der Waals surface area contributed by atoms with E-state index in [0.29, 0.717) is 38.6 Å². The van der Waals surface area contributed by atoms with Gasteiger partial charge in [-0.05, 0) is 25.3 Å². The number of hydrogen-bond acceptors (Lipinski definition) is 3. The molecule has 0 unspecified atom stereocenters. The molecule has 0 aliphatic carbocycles. The van der Waals surface area contributed by atoms with Gasteiger partial charge in [-0.1, -0.05) is 0 Å². The highest BCUT2D eigenvalue weighted by atomic mass is 32.2. The summed E-state index contributed by atoms with van der Waals surface area (Å²) in [4.78, 5) is 0. The van der Waals surface area contributed by atoms with Gasteiger partial charge in [-0.3, -0.25) is 0 Å². The van der Waals surface area contributed by atoms with E-state index in [-0.39, 0.29) is 0 Å². The third-order valence-electron chi connectivity index (χ3n) is 2.97. The van der Waals surface area contributed by atoms with Crippen molar-refractivity contribution in [1.82, 2.24) is 8.61 Å². The van der Waals surface area contributed by atoms with Gasteiger partial charge in [0.1, 0.15) is 0 Å². The summed E-state index contributed by atoms with van der Waals surface area (Å²) in [6, 6.07) is 0.